The summed E-state index contributed by atoms with van der Waals surface area (Å²) in [5, 5.41) is 4.24. The van der Waals surface area contributed by atoms with E-state index in [9.17, 15) is 4.79 Å². The molecule has 3 aliphatic rings. The number of anilines is 1. The number of benzene rings is 1. The molecule has 1 N–H and O–H groups in total. The lowest BCUT2D eigenvalue weighted by atomic mass is 10.0. The molecule has 0 bridgehead atoms. The monoisotopic (exact) mass is 317 g/mol. The van der Waals surface area contributed by atoms with E-state index < -0.39 is 0 Å². The van der Waals surface area contributed by atoms with Crippen molar-refractivity contribution in [1.82, 2.24) is 10.2 Å². The zero-order chi connectivity index (χ0) is 15.1. The number of rotatable bonds is 2. The normalized spacial score (nSPS) is 24.0. The Morgan fingerprint density at radius 1 is 1.14 bits per heavy atom. The SMILES string of the molecule is O=C(C1CC2=C(N1)N(c1ccc(Cl)cc1)CCC2)N1CCC1. The first-order chi connectivity index (χ1) is 10.7. The lowest BCUT2D eigenvalue weighted by Gasteiger charge is -2.34. The molecule has 5 heteroatoms. The molecule has 1 aromatic carbocycles. The van der Waals surface area contributed by atoms with Crippen molar-refractivity contribution in [2.75, 3.05) is 24.5 Å². The molecule has 4 rings (SSSR count). The predicted molar refractivity (Wildman–Crippen MR) is 87.8 cm³/mol. The molecule has 3 heterocycles. The number of hydrogen-bond acceptors (Lipinski definition) is 3. The Bertz CT molecular complexity index is 621. The van der Waals surface area contributed by atoms with E-state index in [4.69, 9.17) is 11.6 Å². The fraction of sp³-hybridized carbons (Fsp3) is 0.471. The van der Waals surface area contributed by atoms with E-state index in [2.05, 4.69) is 10.2 Å². The van der Waals surface area contributed by atoms with Gasteiger partial charge in [0.15, 0.2) is 0 Å². The number of carbonyl (C=O) groups excluding carboxylic acids is 1. The van der Waals surface area contributed by atoms with Gasteiger partial charge in [-0.1, -0.05) is 11.6 Å². The minimum absolute atomic E-state index is 0.0711. The molecule has 1 aromatic rings. The molecule has 1 amide bonds. The summed E-state index contributed by atoms with van der Waals surface area (Å²) in [5.41, 5.74) is 2.53. The van der Waals surface area contributed by atoms with Crippen LogP contribution in [0.2, 0.25) is 5.02 Å². The van der Waals surface area contributed by atoms with Gasteiger partial charge in [-0.25, -0.2) is 0 Å². The molecular weight excluding hydrogens is 298 g/mol. The summed E-state index contributed by atoms with van der Waals surface area (Å²) in [6, 6.07) is 7.86. The van der Waals surface area contributed by atoms with Crippen LogP contribution in [0.1, 0.15) is 25.7 Å². The van der Waals surface area contributed by atoms with Gasteiger partial charge in [0.1, 0.15) is 11.9 Å². The summed E-state index contributed by atoms with van der Waals surface area (Å²) in [4.78, 5) is 16.7. The number of nitrogens with zero attached hydrogens (tertiary/aromatic N) is 2. The lowest BCUT2D eigenvalue weighted by Crippen LogP contribution is -2.51. The summed E-state index contributed by atoms with van der Waals surface area (Å²) < 4.78 is 0. The third-order valence-corrected chi connectivity index (χ3v) is 5.08. The molecule has 1 unspecified atom stereocenters. The molecule has 0 spiro atoms. The molecule has 0 aliphatic carbocycles. The second kappa shape index (κ2) is 5.51. The Morgan fingerprint density at radius 3 is 2.59 bits per heavy atom. The average Bonchev–Trinajstić information content (AvgIpc) is 2.90. The van der Waals surface area contributed by atoms with E-state index in [-0.39, 0.29) is 11.9 Å². The molecular formula is C17H20ClN3O. The maximum Gasteiger partial charge on any atom is 0.245 e. The first-order valence-electron chi connectivity index (χ1n) is 8.03. The van der Waals surface area contributed by atoms with Crippen molar-refractivity contribution in [2.24, 2.45) is 0 Å². The van der Waals surface area contributed by atoms with Crippen LogP contribution in [0.5, 0.6) is 0 Å². The quantitative estimate of drug-likeness (QED) is 0.911. The highest BCUT2D eigenvalue weighted by Gasteiger charge is 2.36. The molecule has 1 atom stereocenters. The van der Waals surface area contributed by atoms with Gasteiger partial charge in [-0.3, -0.25) is 4.79 Å². The average molecular weight is 318 g/mol. The zero-order valence-electron chi connectivity index (χ0n) is 12.5. The minimum Gasteiger partial charge on any atom is -0.360 e. The fourth-order valence-electron chi connectivity index (χ4n) is 3.50. The van der Waals surface area contributed by atoms with Gasteiger partial charge in [0.2, 0.25) is 5.91 Å². The number of hydrogen-bond donors (Lipinski definition) is 1. The minimum atomic E-state index is -0.0711. The zero-order valence-corrected chi connectivity index (χ0v) is 13.3. The van der Waals surface area contributed by atoms with E-state index in [0.29, 0.717) is 0 Å². The highest BCUT2D eigenvalue weighted by molar-refractivity contribution is 6.30. The van der Waals surface area contributed by atoms with Crippen LogP contribution in [0, 0.1) is 0 Å². The fourth-order valence-corrected chi connectivity index (χ4v) is 3.62. The molecule has 3 aliphatic heterocycles. The second-order valence-electron chi connectivity index (χ2n) is 6.26. The first kappa shape index (κ1) is 13.9. The summed E-state index contributed by atoms with van der Waals surface area (Å²) >= 11 is 5.99. The summed E-state index contributed by atoms with van der Waals surface area (Å²) in [5.74, 6) is 1.41. The number of carbonyl (C=O) groups is 1. The van der Waals surface area contributed by atoms with Crippen LogP contribution in [0.25, 0.3) is 0 Å². The Morgan fingerprint density at radius 2 is 1.91 bits per heavy atom. The van der Waals surface area contributed by atoms with Gasteiger partial charge in [0.05, 0.1) is 0 Å². The van der Waals surface area contributed by atoms with Crippen molar-refractivity contribution in [2.45, 2.75) is 31.7 Å². The highest BCUT2D eigenvalue weighted by Crippen LogP contribution is 2.34. The second-order valence-corrected chi connectivity index (χ2v) is 6.70. The van der Waals surface area contributed by atoms with Crippen molar-refractivity contribution in [3.05, 3.63) is 40.7 Å². The number of nitrogens with one attached hydrogen (secondary N) is 1. The Hall–Kier alpha value is -1.68. The van der Waals surface area contributed by atoms with E-state index in [0.717, 1.165) is 61.8 Å². The number of likely N-dealkylation sites (tertiary alicyclic amines) is 1. The maximum atomic E-state index is 12.5. The number of halogens is 1. The van der Waals surface area contributed by atoms with Gasteiger partial charge in [0.25, 0.3) is 0 Å². The third kappa shape index (κ3) is 2.35. The summed E-state index contributed by atoms with van der Waals surface area (Å²) in [6.07, 6.45) is 4.22. The molecule has 0 radical (unpaired) electrons. The van der Waals surface area contributed by atoms with Crippen molar-refractivity contribution in [3.8, 4) is 0 Å². The summed E-state index contributed by atoms with van der Waals surface area (Å²) in [6.45, 7) is 2.82. The van der Waals surface area contributed by atoms with Crippen LogP contribution in [-0.2, 0) is 4.79 Å². The van der Waals surface area contributed by atoms with Crippen molar-refractivity contribution in [3.63, 3.8) is 0 Å². The largest absolute Gasteiger partial charge is 0.360 e. The third-order valence-electron chi connectivity index (χ3n) is 4.83. The van der Waals surface area contributed by atoms with Gasteiger partial charge in [-0.05, 0) is 49.1 Å². The van der Waals surface area contributed by atoms with Crippen molar-refractivity contribution >= 4 is 23.2 Å². The highest BCUT2D eigenvalue weighted by atomic mass is 35.5. The smallest absolute Gasteiger partial charge is 0.245 e. The van der Waals surface area contributed by atoms with Gasteiger partial charge in [-0.2, -0.15) is 0 Å². The van der Waals surface area contributed by atoms with E-state index in [1.54, 1.807) is 0 Å². The van der Waals surface area contributed by atoms with Gasteiger partial charge < -0.3 is 15.1 Å². The molecule has 1 fully saturated rings. The Balaban J connectivity index is 1.54. The number of amides is 1. The molecule has 22 heavy (non-hydrogen) atoms. The van der Waals surface area contributed by atoms with Crippen molar-refractivity contribution < 1.29 is 4.79 Å². The predicted octanol–water partition coefficient (Wildman–Crippen LogP) is 2.75. The topological polar surface area (TPSA) is 35.6 Å². The molecule has 116 valence electrons. The maximum absolute atomic E-state index is 12.5. The van der Waals surface area contributed by atoms with Crippen LogP contribution < -0.4 is 10.2 Å². The van der Waals surface area contributed by atoms with Gasteiger partial charge in [-0.15, -0.1) is 0 Å². The van der Waals surface area contributed by atoms with Crippen LogP contribution >= 0.6 is 11.6 Å². The van der Waals surface area contributed by atoms with E-state index >= 15 is 0 Å². The first-order valence-corrected chi connectivity index (χ1v) is 8.40. The Kier molecular flexibility index (Phi) is 3.49. The standard InChI is InChI=1S/C17H20ClN3O/c18-13-4-6-14(7-5-13)21-10-1-3-12-11-15(19-16(12)21)17(22)20-8-2-9-20/h4-7,15,19H,1-3,8-11H2. The van der Waals surface area contributed by atoms with E-state index in [1.165, 1.54) is 5.57 Å². The van der Waals surface area contributed by atoms with E-state index in [1.807, 2.05) is 29.2 Å². The molecule has 0 aromatic heterocycles. The van der Waals surface area contributed by atoms with Crippen LogP contribution in [0.3, 0.4) is 0 Å². The van der Waals surface area contributed by atoms with Crippen LogP contribution in [0.4, 0.5) is 5.69 Å². The van der Waals surface area contributed by atoms with Gasteiger partial charge in [0, 0.05) is 36.8 Å². The molecule has 0 saturated carbocycles. The molecule has 4 nitrogen and oxygen atoms in total. The van der Waals surface area contributed by atoms with Crippen molar-refractivity contribution in [1.29, 1.82) is 0 Å². The lowest BCUT2D eigenvalue weighted by molar-refractivity contribution is -0.136. The van der Waals surface area contributed by atoms with Crippen LogP contribution in [-0.4, -0.2) is 36.5 Å². The summed E-state index contributed by atoms with van der Waals surface area (Å²) in [7, 11) is 0. The van der Waals surface area contributed by atoms with Crippen LogP contribution in [0.15, 0.2) is 35.7 Å². The molecule has 1 saturated heterocycles. The Labute approximate surface area is 135 Å². The van der Waals surface area contributed by atoms with Gasteiger partial charge >= 0.3 is 0 Å².